The minimum Gasteiger partial charge on any atom is -0.393 e. The molecule has 0 heterocycles. The molecule has 2 nitrogen and oxygen atoms in total. The van der Waals surface area contributed by atoms with Gasteiger partial charge in [-0.05, 0) is 31.0 Å². The van der Waals surface area contributed by atoms with Crippen LogP contribution in [0.4, 0.5) is 0 Å². The first kappa shape index (κ1) is 12.0. The maximum Gasteiger partial charge on any atom is 0.106 e. The standard InChI is InChI=1S/C13H18O2/c1-3-6-11-7-5-8-12(9-11)13(10-14)15-4-2/h3,5-9,13-14H,4,10H2,1-2H3/b6-3+. The second-order valence-corrected chi connectivity index (χ2v) is 3.30. The molecule has 0 aliphatic carbocycles. The van der Waals surface area contributed by atoms with Crippen molar-refractivity contribution in [3.8, 4) is 0 Å². The van der Waals surface area contributed by atoms with Crippen molar-refractivity contribution in [1.82, 2.24) is 0 Å². The van der Waals surface area contributed by atoms with Crippen LogP contribution in [-0.4, -0.2) is 18.3 Å². The fourth-order valence-electron chi connectivity index (χ4n) is 1.51. The Balaban J connectivity index is 2.87. The van der Waals surface area contributed by atoms with Crippen molar-refractivity contribution in [1.29, 1.82) is 0 Å². The lowest BCUT2D eigenvalue weighted by atomic mass is 10.1. The number of rotatable bonds is 5. The molecule has 1 N–H and O–H groups in total. The van der Waals surface area contributed by atoms with Crippen LogP contribution in [0.1, 0.15) is 31.1 Å². The smallest absolute Gasteiger partial charge is 0.106 e. The molecule has 0 fully saturated rings. The van der Waals surface area contributed by atoms with E-state index in [1.165, 1.54) is 0 Å². The van der Waals surface area contributed by atoms with Gasteiger partial charge in [0.1, 0.15) is 6.10 Å². The molecule has 0 aliphatic heterocycles. The van der Waals surface area contributed by atoms with Gasteiger partial charge in [0.25, 0.3) is 0 Å². The largest absolute Gasteiger partial charge is 0.393 e. The van der Waals surface area contributed by atoms with Gasteiger partial charge in [0.05, 0.1) is 6.61 Å². The molecular formula is C13H18O2. The van der Waals surface area contributed by atoms with Crippen LogP contribution < -0.4 is 0 Å². The van der Waals surface area contributed by atoms with Crippen molar-refractivity contribution in [2.24, 2.45) is 0 Å². The van der Waals surface area contributed by atoms with E-state index in [0.29, 0.717) is 6.61 Å². The zero-order chi connectivity index (χ0) is 11.1. The molecule has 2 heteroatoms. The van der Waals surface area contributed by atoms with Crippen molar-refractivity contribution >= 4 is 6.08 Å². The summed E-state index contributed by atoms with van der Waals surface area (Å²) in [6.45, 7) is 4.55. The summed E-state index contributed by atoms with van der Waals surface area (Å²) in [4.78, 5) is 0. The number of hydrogen-bond acceptors (Lipinski definition) is 2. The first-order valence-corrected chi connectivity index (χ1v) is 5.27. The highest BCUT2D eigenvalue weighted by Crippen LogP contribution is 2.18. The van der Waals surface area contributed by atoms with E-state index in [4.69, 9.17) is 4.74 Å². The summed E-state index contributed by atoms with van der Waals surface area (Å²) in [6.07, 6.45) is 3.82. The van der Waals surface area contributed by atoms with Crippen molar-refractivity contribution in [3.05, 3.63) is 41.5 Å². The highest BCUT2D eigenvalue weighted by atomic mass is 16.5. The monoisotopic (exact) mass is 206 g/mol. The summed E-state index contributed by atoms with van der Waals surface area (Å²) in [5, 5.41) is 9.19. The van der Waals surface area contributed by atoms with Crippen LogP contribution in [0.3, 0.4) is 0 Å². The van der Waals surface area contributed by atoms with Gasteiger partial charge in [-0.1, -0.05) is 30.4 Å². The maximum absolute atomic E-state index is 9.19. The van der Waals surface area contributed by atoms with Crippen LogP contribution in [0.2, 0.25) is 0 Å². The minimum absolute atomic E-state index is 0.0210. The van der Waals surface area contributed by atoms with Gasteiger partial charge in [-0.3, -0.25) is 0 Å². The Labute approximate surface area is 91.2 Å². The summed E-state index contributed by atoms with van der Waals surface area (Å²) in [5.41, 5.74) is 2.16. The highest BCUT2D eigenvalue weighted by Gasteiger charge is 2.09. The molecular weight excluding hydrogens is 188 g/mol. The van der Waals surface area contributed by atoms with E-state index in [-0.39, 0.29) is 12.7 Å². The van der Waals surface area contributed by atoms with E-state index < -0.39 is 0 Å². The van der Waals surface area contributed by atoms with Gasteiger partial charge >= 0.3 is 0 Å². The molecule has 82 valence electrons. The van der Waals surface area contributed by atoms with Crippen LogP contribution in [0, 0.1) is 0 Å². The van der Waals surface area contributed by atoms with Gasteiger partial charge in [-0.15, -0.1) is 0 Å². The second-order valence-electron chi connectivity index (χ2n) is 3.30. The van der Waals surface area contributed by atoms with Crippen molar-refractivity contribution in [3.63, 3.8) is 0 Å². The van der Waals surface area contributed by atoms with Crippen molar-refractivity contribution < 1.29 is 9.84 Å². The van der Waals surface area contributed by atoms with E-state index in [1.54, 1.807) is 0 Å². The van der Waals surface area contributed by atoms with Crippen LogP contribution in [-0.2, 0) is 4.74 Å². The summed E-state index contributed by atoms with van der Waals surface area (Å²) in [5.74, 6) is 0. The lowest BCUT2D eigenvalue weighted by Crippen LogP contribution is -2.08. The molecule has 0 amide bonds. The molecule has 0 spiro atoms. The Morgan fingerprint density at radius 2 is 2.27 bits per heavy atom. The Kier molecular flexibility index (Phi) is 5.08. The van der Waals surface area contributed by atoms with Crippen molar-refractivity contribution in [2.45, 2.75) is 20.0 Å². The quantitative estimate of drug-likeness (QED) is 0.802. The number of aliphatic hydroxyl groups excluding tert-OH is 1. The van der Waals surface area contributed by atoms with E-state index in [0.717, 1.165) is 11.1 Å². The summed E-state index contributed by atoms with van der Waals surface area (Å²) >= 11 is 0. The summed E-state index contributed by atoms with van der Waals surface area (Å²) < 4.78 is 5.44. The fourth-order valence-corrected chi connectivity index (χ4v) is 1.51. The Morgan fingerprint density at radius 3 is 2.87 bits per heavy atom. The number of allylic oxidation sites excluding steroid dienone is 1. The number of hydrogen-bond donors (Lipinski definition) is 1. The van der Waals surface area contributed by atoms with E-state index in [2.05, 4.69) is 0 Å². The van der Waals surface area contributed by atoms with Gasteiger partial charge in [-0.25, -0.2) is 0 Å². The predicted octanol–water partition coefficient (Wildman–Crippen LogP) is 2.79. The first-order chi connectivity index (χ1) is 7.31. The lowest BCUT2D eigenvalue weighted by Gasteiger charge is -2.14. The molecule has 1 rings (SSSR count). The van der Waals surface area contributed by atoms with Gasteiger partial charge in [0.15, 0.2) is 0 Å². The van der Waals surface area contributed by atoms with E-state index in [1.807, 2.05) is 50.3 Å². The molecule has 0 saturated heterocycles. The Morgan fingerprint density at radius 1 is 1.47 bits per heavy atom. The zero-order valence-corrected chi connectivity index (χ0v) is 9.31. The Bertz CT molecular complexity index is 318. The van der Waals surface area contributed by atoms with E-state index in [9.17, 15) is 5.11 Å². The van der Waals surface area contributed by atoms with Crippen LogP contribution in [0.5, 0.6) is 0 Å². The molecule has 0 saturated carbocycles. The Hall–Kier alpha value is -1.12. The highest BCUT2D eigenvalue weighted by molar-refractivity contribution is 5.50. The average molecular weight is 206 g/mol. The van der Waals surface area contributed by atoms with E-state index >= 15 is 0 Å². The molecule has 1 unspecified atom stereocenters. The molecule has 0 aromatic heterocycles. The predicted molar refractivity (Wildman–Crippen MR) is 62.6 cm³/mol. The van der Waals surface area contributed by atoms with Gasteiger partial charge in [-0.2, -0.15) is 0 Å². The third-order valence-corrected chi connectivity index (χ3v) is 2.18. The third kappa shape index (κ3) is 3.50. The van der Waals surface area contributed by atoms with Crippen LogP contribution >= 0.6 is 0 Å². The molecule has 0 radical (unpaired) electrons. The normalized spacial score (nSPS) is 13.3. The third-order valence-electron chi connectivity index (χ3n) is 2.18. The van der Waals surface area contributed by atoms with Crippen molar-refractivity contribution in [2.75, 3.05) is 13.2 Å². The van der Waals surface area contributed by atoms with Gasteiger partial charge in [0.2, 0.25) is 0 Å². The maximum atomic E-state index is 9.19. The lowest BCUT2D eigenvalue weighted by molar-refractivity contribution is 0.0189. The zero-order valence-electron chi connectivity index (χ0n) is 9.31. The molecule has 0 bridgehead atoms. The SMILES string of the molecule is C/C=C/c1cccc(C(CO)OCC)c1. The molecule has 1 atom stereocenters. The molecule has 0 aliphatic rings. The second kappa shape index (κ2) is 6.38. The number of benzene rings is 1. The molecule has 15 heavy (non-hydrogen) atoms. The fraction of sp³-hybridized carbons (Fsp3) is 0.385. The topological polar surface area (TPSA) is 29.5 Å². The minimum atomic E-state index is -0.208. The van der Waals surface area contributed by atoms with Crippen LogP contribution in [0.25, 0.3) is 6.08 Å². The molecule has 1 aromatic carbocycles. The average Bonchev–Trinajstić information content (AvgIpc) is 2.27. The van der Waals surface area contributed by atoms with Crippen LogP contribution in [0.15, 0.2) is 30.3 Å². The number of aliphatic hydroxyl groups is 1. The van der Waals surface area contributed by atoms with Gasteiger partial charge < -0.3 is 9.84 Å². The summed E-state index contributed by atoms with van der Waals surface area (Å²) in [7, 11) is 0. The summed E-state index contributed by atoms with van der Waals surface area (Å²) in [6, 6.07) is 8.02. The number of ether oxygens (including phenoxy) is 1. The van der Waals surface area contributed by atoms with Gasteiger partial charge in [0, 0.05) is 6.61 Å². The first-order valence-electron chi connectivity index (χ1n) is 5.27. The molecule has 1 aromatic rings.